The standard InChI is InChI=1S/C16H12N8/c17-5-11-7-20-15(9-19-11)24-14-4-12-13(8-21-14)23-16(22-12)10-2-1-3-18-6-10/h1-4,6-9,16,22-23H,(H,20,21,24). The predicted octanol–water partition coefficient (Wildman–Crippen LogP) is 2.42. The van der Waals surface area contributed by atoms with Gasteiger partial charge < -0.3 is 16.0 Å². The SMILES string of the molecule is N#Cc1cnc(Nc2cc3c(cn2)NC(c2cccnc2)N3)cn1. The molecule has 3 aromatic heterocycles. The molecule has 0 spiro atoms. The molecule has 1 atom stereocenters. The second-order valence-corrected chi connectivity index (χ2v) is 5.15. The fraction of sp³-hybridized carbons (Fsp3) is 0.0625. The monoisotopic (exact) mass is 316 g/mol. The number of hydrogen-bond acceptors (Lipinski definition) is 8. The predicted molar refractivity (Wildman–Crippen MR) is 88.5 cm³/mol. The third-order valence-electron chi connectivity index (χ3n) is 3.54. The minimum Gasteiger partial charge on any atom is -0.360 e. The summed E-state index contributed by atoms with van der Waals surface area (Å²) >= 11 is 0. The maximum Gasteiger partial charge on any atom is 0.158 e. The van der Waals surface area contributed by atoms with Gasteiger partial charge in [-0.25, -0.2) is 15.0 Å². The molecule has 3 aromatic rings. The maximum absolute atomic E-state index is 8.74. The topological polar surface area (TPSA) is 111 Å². The molecule has 8 nitrogen and oxygen atoms in total. The molecule has 0 saturated heterocycles. The molecule has 1 aliphatic heterocycles. The molecule has 4 heterocycles. The number of nitriles is 1. The molecule has 0 saturated carbocycles. The highest BCUT2D eigenvalue weighted by atomic mass is 15.2. The van der Waals surface area contributed by atoms with Crippen LogP contribution in [0.1, 0.15) is 17.4 Å². The van der Waals surface area contributed by atoms with Crippen molar-refractivity contribution in [2.75, 3.05) is 16.0 Å². The van der Waals surface area contributed by atoms with Gasteiger partial charge in [-0.05, 0) is 6.07 Å². The van der Waals surface area contributed by atoms with Crippen molar-refractivity contribution in [3.8, 4) is 6.07 Å². The van der Waals surface area contributed by atoms with Gasteiger partial charge in [0, 0.05) is 24.0 Å². The molecule has 3 N–H and O–H groups in total. The first-order valence-corrected chi connectivity index (χ1v) is 7.24. The molecule has 0 aliphatic carbocycles. The Hall–Kier alpha value is -3.73. The number of aromatic nitrogens is 4. The average molecular weight is 316 g/mol. The fourth-order valence-corrected chi connectivity index (χ4v) is 2.40. The molecule has 1 aliphatic rings. The minimum atomic E-state index is -0.0412. The van der Waals surface area contributed by atoms with Crippen LogP contribution in [0.3, 0.4) is 0 Å². The summed E-state index contributed by atoms with van der Waals surface area (Å²) in [4.78, 5) is 16.6. The zero-order valence-electron chi connectivity index (χ0n) is 12.4. The summed E-state index contributed by atoms with van der Waals surface area (Å²) in [6.45, 7) is 0. The smallest absolute Gasteiger partial charge is 0.158 e. The van der Waals surface area contributed by atoms with Crippen molar-refractivity contribution < 1.29 is 0 Å². The van der Waals surface area contributed by atoms with E-state index < -0.39 is 0 Å². The van der Waals surface area contributed by atoms with E-state index in [0.717, 1.165) is 16.9 Å². The van der Waals surface area contributed by atoms with Crippen molar-refractivity contribution in [3.05, 3.63) is 60.4 Å². The first-order valence-electron chi connectivity index (χ1n) is 7.24. The average Bonchev–Trinajstić information content (AvgIpc) is 3.06. The van der Waals surface area contributed by atoms with Crippen molar-refractivity contribution in [1.29, 1.82) is 5.26 Å². The van der Waals surface area contributed by atoms with E-state index >= 15 is 0 Å². The van der Waals surface area contributed by atoms with Gasteiger partial charge in [-0.2, -0.15) is 5.26 Å². The van der Waals surface area contributed by atoms with Crippen molar-refractivity contribution in [2.24, 2.45) is 0 Å². The van der Waals surface area contributed by atoms with Crippen LogP contribution >= 0.6 is 0 Å². The zero-order chi connectivity index (χ0) is 16.4. The van der Waals surface area contributed by atoms with Crippen molar-refractivity contribution in [1.82, 2.24) is 19.9 Å². The first-order chi connectivity index (χ1) is 11.8. The lowest BCUT2D eigenvalue weighted by molar-refractivity contribution is 0.929. The van der Waals surface area contributed by atoms with E-state index in [-0.39, 0.29) is 11.9 Å². The third kappa shape index (κ3) is 2.66. The molecule has 1 unspecified atom stereocenters. The highest BCUT2D eigenvalue weighted by Gasteiger charge is 2.21. The van der Waals surface area contributed by atoms with Crippen LogP contribution in [0.2, 0.25) is 0 Å². The Morgan fingerprint density at radius 3 is 2.62 bits per heavy atom. The Morgan fingerprint density at radius 2 is 1.88 bits per heavy atom. The number of pyridine rings is 2. The second kappa shape index (κ2) is 5.81. The second-order valence-electron chi connectivity index (χ2n) is 5.15. The molecule has 24 heavy (non-hydrogen) atoms. The van der Waals surface area contributed by atoms with Crippen LogP contribution in [0.5, 0.6) is 0 Å². The minimum absolute atomic E-state index is 0.0412. The largest absolute Gasteiger partial charge is 0.360 e. The van der Waals surface area contributed by atoms with Gasteiger partial charge in [0.15, 0.2) is 5.69 Å². The molecule has 0 fully saturated rings. The van der Waals surface area contributed by atoms with Crippen LogP contribution in [0.4, 0.5) is 23.0 Å². The van der Waals surface area contributed by atoms with Crippen molar-refractivity contribution in [2.45, 2.75) is 6.17 Å². The molecule has 0 amide bonds. The van der Waals surface area contributed by atoms with E-state index in [9.17, 15) is 0 Å². The van der Waals surface area contributed by atoms with Gasteiger partial charge in [-0.15, -0.1) is 0 Å². The lowest BCUT2D eigenvalue weighted by atomic mass is 10.2. The number of hydrogen-bond donors (Lipinski definition) is 3. The van der Waals surface area contributed by atoms with E-state index in [1.54, 1.807) is 12.4 Å². The lowest BCUT2D eigenvalue weighted by Gasteiger charge is -2.11. The van der Waals surface area contributed by atoms with Gasteiger partial charge in [0.25, 0.3) is 0 Å². The van der Waals surface area contributed by atoms with Gasteiger partial charge in [0.2, 0.25) is 0 Å². The van der Waals surface area contributed by atoms with E-state index in [0.29, 0.717) is 11.6 Å². The van der Waals surface area contributed by atoms with Gasteiger partial charge in [0.1, 0.15) is 23.9 Å². The van der Waals surface area contributed by atoms with E-state index in [1.165, 1.54) is 12.4 Å². The number of nitrogens with zero attached hydrogens (tertiary/aromatic N) is 5. The lowest BCUT2D eigenvalue weighted by Crippen LogP contribution is -2.11. The van der Waals surface area contributed by atoms with Crippen LogP contribution in [-0.2, 0) is 0 Å². The molecule has 116 valence electrons. The summed E-state index contributed by atoms with van der Waals surface area (Å²) in [6.07, 6.45) is 8.17. The zero-order valence-corrected chi connectivity index (χ0v) is 12.4. The molecular formula is C16H12N8. The summed E-state index contributed by atoms with van der Waals surface area (Å²) in [6, 6.07) is 7.72. The fourth-order valence-electron chi connectivity index (χ4n) is 2.40. The van der Waals surface area contributed by atoms with Crippen LogP contribution in [0.25, 0.3) is 0 Å². The Bertz CT molecular complexity index is 902. The quantitative estimate of drug-likeness (QED) is 0.675. The normalized spacial score (nSPS) is 14.9. The molecule has 8 heteroatoms. The van der Waals surface area contributed by atoms with Crippen LogP contribution < -0.4 is 16.0 Å². The Labute approximate surface area is 137 Å². The van der Waals surface area contributed by atoms with Gasteiger partial charge in [-0.3, -0.25) is 4.98 Å². The highest BCUT2D eigenvalue weighted by molar-refractivity contribution is 5.77. The molecular weight excluding hydrogens is 304 g/mol. The third-order valence-corrected chi connectivity index (χ3v) is 3.54. The van der Waals surface area contributed by atoms with Crippen molar-refractivity contribution in [3.63, 3.8) is 0 Å². The number of nitrogens with one attached hydrogen (secondary N) is 3. The van der Waals surface area contributed by atoms with Crippen LogP contribution in [-0.4, -0.2) is 19.9 Å². The molecule has 0 radical (unpaired) electrons. The number of rotatable bonds is 3. The van der Waals surface area contributed by atoms with Crippen LogP contribution in [0, 0.1) is 11.3 Å². The summed E-state index contributed by atoms with van der Waals surface area (Å²) in [7, 11) is 0. The first kappa shape index (κ1) is 13.9. The van der Waals surface area contributed by atoms with Gasteiger partial charge >= 0.3 is 0 Å². The molecule has 0 aromatic carbocycles. The summed E-state index contributed by atoms with van der Waals surface area (Å²) in [5.41, 5.74) is 3.16. The van der Waals surface area contributed by atoms with Crippen molar-refractivity contribution >= 4 is 23.0 Å². The number of fused-ring (bicyclic) bond motifs is 1. The van der Waals surface area contributed by atoms with E-state index in [4.69, 9.17) is 5.26 Å². The van der Waals surface area contributed by atoms with E-state index in [2.05, 4.69) is 35.9 Å². The molecule has 4 rings (SSSR count). The molecule has 0 bridgehead atoms. The Morgan fingerprint density at radius 1 is 1.00 bits per heavy atom. The van der Waals surface area contributed by atoms with Gasteiger partial charge in [-0.1, -0.05) is 6.07 Å². The summed E-state index contributed by atoms with van der Waals surface area (Å²) in [5, 5.41) is 18.5. The van der Waals surface area contributed by atoms with Gasteiger partial charge in [0.05, 0.1) is 30.0 Å². The Balaban J connectivity index is 1.52. The van der Waals surface area contributed by atoms with E-state index in [1.807, 2.05) is 30.5 Å². The summed E-state index contributed by atoms with van der Waals surface area (Å²) < 4.78 is 0. The number of anilines is 4. The van der Waals surface area contributed by atoms with Crippen LogP contribution in [0.15, 0.2) is 49.2 Å². The Kier molecular flexibility index (Phi) is 3.37. The summed E-state index contributed by atoms with van der Waals surface area (Å²) in [5.74, 6) is 1.16. The highest BCUT2D eigenvalue weighted by Crippen LogP contribution is 2.35. The maximum atomic E-state index is 8.74.